The first-order chi connectivity index (χ1) is 22.8. The Balaban J connectivity index is 1.41. The van der Waals surface area contributed by atoms with E-state index in [2.05, 4.69) is 11.1 Å². The molecule has 2 heterocycles. The third-order valence-corrected chi connectivity index (χ3v) is 8.80. The van der Waals surface area contributed by atoms with Crippen LogP contribution in [-0.2, 0) is 39.4 Å². The summed E-state index contributed by atoms with van der Waals surface area (Å²) >= 11 is 0. The van der Waals surface area contributed by atoms with Crippen LogP contribution in [0.15, 0.2) is 66.9 Å². The van der Waals surface area contributed by atoms with E-state index < -0.39 is 17.6 Å². The van der Waals surface area contributed by atoms with Crippen LogP contribution in [0.5, 0.6) is 11.6 Å². The summed E-state index contributed by atoms with van der Waals surface area (Å²) in [5.41, 5.74) is 1.80. The summed E-state index contributed by atoms with van der Waals surface area (Å²) in [5.74, 6) is -0.297. The second-order valence-electron chi connectivity index (χ2n) is 12.2. The van der Waals surface area contributed by atoms with E-state index in [-0.39, 0.29) is 31.5 Å². The van der Waals surface area contributed by atoms with Crippen molar-refractivity contribution < 1.29 is 38.7 Å². The first-order valence-corrected chi connectivity index (χ1v) is 16.2. The molecule has 11 heteroatoms. The van der Waals surface area contributed by atoms with Crippen molar-refractivity contribution in [3.63, 3.8) is 0 Å². The lowest BCUT2D eigenvalue weighted by atomic mass is 9.75. The molecule has 2 amide bonds. The molecule has 47 heavy (non-hydrogen) atoms. The summed E-state index contributed by atoms with van der Waals surface area (Å²) in [6.45, 7) is 2.04. The molecule has 0 radical (unpaired) electrons. The number of ether oxygens (including phenoxy) is 4. The number of nitrogens with zero attached hydrogens (tertiary/aromatic N) is 3. The minimum absolute atomic E-state index is 0.00386. The minimum atomic E-state index is -1.62. The molecule has 252 valence electrons. The summed E-state index contributed by atoms with van der Waals surface area (Å²) in [6.07, 6.45) is 3.80. The molecule has 0 unspecified atom stereocenters. The van der Waals surface area contributed by atoms with Crippen molar-refractivity contribution in [2.75, 3.05) is 47.1 Å². The number of hydrogen-bond donors (Lipinski definition) is 2. The van der Waals surface area contributed by atoms with Gasteiger partial charge in [-0.1, -0.05) is 36.4 Å². The highest BCUT2D eigenvalue weighted by Gasteiger charge is 2.51. The molecule has 0 bridgehead atoms. The Hall–Kier alpha value is -4.19. The van der Waals surface area contributed by atoms with Gasteiger partial charge in [-0.2, -0.15) is 0 Å². The van der Waals surface area contributed by atoms with E-state index in [0.717, 1.165) is 42.4 Å². The van der Waals surface area contributed by atoms with Gasteiger partial charge in [-0.15, -0.1) is 0 Å². The maximum atomic E-state index is 14.6. The van der Waals surface area contributed by atoms with Gasteiger partial charge < -0.3 is 39.0 Å². The van der Waals surface area contributed by atoms with Crippen molar-refractivity contribution in [3.8, 4) is 11.6 Å². The molecule has 1 aliphatic carbocycles. The Morgan fingerprint density at radius 2 is 1.72 bits per heavy atom. The van der Waals surface area contributed by atoms with Crippen molar-refractivity contribution in [1.29, 1.82) is 0 Å². The normalized spacial score (nSPS) is 19.3. The predicted molar refractivity (Wildman–Crippen MR) is 174 cm³/mol. The number of carboxylic acid groups (broad SMARTS) is 1. The third kappa shape index (κ3) is 9.00. The standard InChI is InChI=1S/C36H45N3O8/c1-44-16-6-9-27-19-28(21-31(20-27)46-18-17-45-2)23-39(30-10-11-30)34(40)32-24-38(35(41)42)15-13-36(32,43)29-12-14-37-33(22-29)47-25-26-7-4-3-5-8-26/h3-5,7-8,12,14,19-22,30,32,43H,6,9-11,13,15-18,23-25H2,1-2H3,(H,41,42)/t32-,36-/m1/s1. The number of amides is 2. The number of methoxy groups -OCH3 is 2. The number of aliphatic hydroxyl groups is 1. The Bertz CT molecular complexity index is 1460. The lowest BCUT2D eigenvalue weighted by Crippen LogP contribution is -2.57. The van der Waals surface area contributed by atoms with Gasteiger partial charge in [0.15, 0.2) is 0 Å². The van der Waals surface area contributed by atoms with E-state index >= 15 is 0 Å². The van der Waals surface area contributed by atoms with E-state index in [4.69, 9.17) is 18.9 Å². The number of rotatable bonds is 16. The Morgan fingerprint density at radius 1 is 0.957 bits per heavy atom. The van der Waals surface area contributed by atoms with Crippen molar-refractivity contribution >= 4 is 12.0 Å². The van der Waals surface area contributed by atoms with Gasteiger partial charge in [-0.25, -0.2) is 9.78 Å². The molecule has 2 aliphatic rings. The van der Waals surface area contributed by atoms with E-state index in [0.29, 0.717) is 50.2 Å². The van der Waals surface area contributed by atoms with Crippen LogP contribution in [0.1, 0.15) is 47.9 Å². The van der Waals surface area contributed by atoms with Gasteiger partial charge in [0.1, 0.15) is 24.6 Å². The molecule has 2 aromatic carbocycles. The summed E-state index contributed by atoms with van der Waals surface area (Å²) in [6, 6.07) is 19.0. The second kappa shape index (κ2) is 16.1. The van der Waals surface area contributed by atoms with E-state index in [1.165, 1.54) is 4.90 Å². The van der Waals surface area contributed by atoms with Crippen LogP contribution in [0, 0.1) is 5.92 Å². The monoisotopic (exact) mass is 647 g/mol. The summed E-state index contributed by atoms with van der Waals surface area (Å²) in [7, 11) is 3.30. The lowest BCUT2D eigenvalue weighted by molar-refractivity contribution is -0.154. The van der Waals surface area contributed by atoms with Gasteiger partial charge in [0, 0.05) is 58.8 Å². The highest BCUT2D eigenvalue weighted by molar-refractivity contribution is 5.82. The van der Waals surface area contributed by atoms with E-state index in [1.54, 1.807) is 32.5 Å². The van der Waals surface area contributed by atoms with Gasteiger partial charge in [0.05, 0.1) is 12.5 Å². The summed E-state index contributed by atoms with van der Waals surface area (Å²) in [5, 5.41) is 22.2. The zero-order chi connectivity index (χ0) is 33.2. The molecule has 2 atom stereocenters. The number of hydrogen-bond acceptors (Lipinski definition) is 8. The number of carbonyl (C=O) groups excluding carboxylic acids is 1. The number of pyridine rings is 1. The average Bonchev–Trinajstić information content (AvgIpc) is 3.93. The largest absolute Gasteiger partial charge is 0.491 e. The minimum Gasteiger partial charge on any atom is -0.491 e. The maximum absolute atomic E-state index is 14.6. The molecule has 1 aromatic heterocycles. The highest BCUT2D eigenvalue weighted by Crippen LogP contribution is 2.41. The molecule has 2 fully saturated rings. The van der Waals surface area contributed by atoms with Crippen LogP contribution in [0.25, 0.3) is 0 Å². The van der Waals surface area contributed by atoms with E-state index in [1.807, 2.05) is 47.4 Å². The fourth-order valence-electron chi connectivity index (χ4n) is 6.11. The van der Waals surface area contributed by atoms with Crippen LogP contribution in [0.2, 0.25) is 0 Å². The number of aromatic nitrogens is 1. The van der Waals surface area contributed by atoms with Gasteiger partial charge in [-0.05, 0) is 72.6 Å². The molecular weight excluding hydrogens is 602 g/mol. The van der Waals surface area contributed by atoms with Crippen molar-refractivity contribution in [1.82, 2.24) is 14.8 Å². The lowest BCUT2D eigenvalue weighted by Gasteiger charge is -2.44. The molecule has 11 nitrogen and oxygen atoms in total. The Kier molecular flexibility index (Phi) is 11.7. The molecule has 2 N–H and O–H groups in total. The molecule has 5 rings (SSSR count). The van der Waals surface area contributed by atoms with Gasteiger partial charge in [0.25, 0.3) is 0 Å². The highest BCUT2D eigenvalue weighted by atomic mass is 16.5. The number of benzene rings is 2. The summed E-state index contributed by atoms with van der Waals surface area (Å²) < 4.78 is 22.3. The fourth-order valence-corrected chi connectivity index (χ4v) is 6.11. The predicted octanol–water partition coefficient (Wildman–Crippen LogP) is 4.64. The molecule has 1 saturated carbocycles. The van der Waals surface area contributed by atoms with Gasteiger partial charge in [-0.3, -0.25) is 4.79 Å². The molecule has 1 aliphatic heterocycles. The number of likely N-dealkylation sites (tertiary alicyclic amines) is 1. The molecular formula is C36H45N3O8. The zero-order valence-electron chi connectivity index (χ0n) is 27.2. The van der Waals surface area contributed by atoms with Crippen molar-refractivity contribution in [3.05, 3.63) is 89.1 Å². The number of piperidine rings is 1. The third-order valence-electron chi connectivity index (χ3n) is 8.80. The average molecular weight is 648 g/mol. The van der Waals surface area contributed by atoms with Crippen LogP contribution in [-0.4, -0.2) is 90.2 Å². The smallest absolute Gasteiger partial charge is 0.407 e. The quantitative estimate of drug-likeness (QED) is 0.214. The van der Waals surface area contributed by atoms with Crippen LogP contribution in [0.4, 0.5) is 4.79 Å². The van der Waals surface area contributed by atoms with Crippen molar-refractivity contribution in [2.24, 2.45) is 5.92 Å². The topological polar surface area (TPSA) is 131 Å². The molecule has 0 spiro atoms. The fraction of sp³-hybridized carbons (Fsp3) is 0.472. The number of aryl methyl sites for hydroxylation is 1. The first-order valence-electron chi connectivity index (χ1n) is 16.2. The SMILES string of the molecule is COCCCc1cc(CN(C(=O)[C@H]2CN(C(=O)O)CC[C@@]2(O)c2ccnc(OCc3ccccc3)c2)C2CC2)cc(OCCOC)c1. The van der Waals surface area contributed by atoms with Crippen molar-refractivity contribution in [2.45, 2.75) is 56.9 Å². The maximum Gasteiger partial charge on any atom is 0.407 e. The Labute approximate surface area is 276 Å². The molecule has 3 aromatic rings. The first kappa shape index (κ1) is 34.2. The van der Waals surface area contributed by atoms with Crippen LogP contribution >= 0.6 is 0 Å². The zero-order valence-corrected chi connectivity index (χ0v) is 27.2. The summed E-state index contributed by atoms with van der Waals surface area (Å²) in [4.78, 5) is 34.0. The van der Waals surface area contributed by atoms with E-state index in [9.17, 15) is 19.8 Å². The van der Waals surface area contributed by atoms with Gasteiger partial charge in [0.2, 0.25) is 11.8 Å². The molecule has 1 saturated heterocycles. The second-order valence-corrected chi connectivity index (χ2v) is 12.2. The van der Waals surface area contributed by atoms with Crippen LogP contribution < -0.4 is 9.47 Å². The number of carbonyl (C=O) groups is 2. The van der Waals surface area contributed by atoms with Gasteiger partial charge >= 0.3 is 6.09 Å². The Morgan fingerprint density at radius 3 is 2.45 bits per heavy atom. The van der Waals surface area contributed by atoms with Crippen LogP contribution in [0.3, 0.4) is 0 Å².